The number of para-hydroxylation sites is 1. The molecule has 0 radical (unpaired) electrons. The molecule has 0 saturated heterocycles. The van der Waals surface area contributed by atoms with E-state index in [0.717, 1.165) is 39.2 Å². The van der Waals surface area contributed by atoms with E-state index in [0.29, 0.717) is 17.8 Å². The first-order chi connectivity index (χ1) is 25.8. The van der Waals surface area contributed by atoms with Crippen molar-refractivity contribution in [3.63, 3.8) is 0 Å². The third kappa shape index (κ3) is 7.69. The standard InChI is InChI=1S/C51H57N3/c1-30(2)40-28-45(31(3)4)49(46(29-40)32(5)6)44-23-16-20-41(39-18-14-13-15-19-39)50(44)52-54-53-51-42(47-35(9)24-33(7)25-36(47)10)21-17-22-43(51)48-37(11)26-34(8)27-38(48)12/h13-32H,1-12H3,(H,52,53). The van der Waals surface area contributed by atoms with E-state index in [2.05, 4.69) is 192 Å². The summed E-state index contributed by atoms with van der Waals surface area (Å²) in [5.41, 5.74) is 26.2. The van der Waals surface area contributed by atoms with Gasteiger partial charge >= 0.3 is 0 Å². The van der Waals surface area contributed by atoms with Crippen LogP contribution in [0.4, 0.5) is 11.4 Å². The molecule has 0 aliphatic rings. The number of rotatable bonds is 10. The number of nitrogens with one attached hydrogen (secondary N) is 1. The quantitative estimate of drug-likeness (QED) is 0.111. The van der Waals surface area contributed by atoms with Gasteiger partial charge in [0.2, 0.25) is 0 Å². The number of hydrogen-bond acceptors (Lipinski definition) is 2. The Morgan fingerprint density at radius 1 is 0.444 bits per heavy atom. The van der Waals surface area contributed by atoms with Gasteiger partial charge in [-0.3, -0.25) is 5.43 Å². The van der Waals surface area contributed by atoms with E-state index in [-0.39, 0.29) is 0 Å². The van der Waals surface area contributed by atoms with E-state index in [1.54, 1.807) is 0 Å². The summed E-state index contributed by atoms with van der Waals surface area (Å²) in [6.45, 7) is 27.0. The number of nitrogens with zero attached hydrogens (tertiary/aromatic N) is 2. The van der Waals surface area contributed by atoms with E-state index in [1.807, 2.05) is 0 Å². The first-order valence-corrected chi connectivity index (χ1v) is 19.6. The summed E-state index contributed by atoms with van der Waals surface area (Å²) in [6, 6.07) is 37.7. The van der Waals surface area contributed by atoms with E-state index in [9.17, 15) is 0 Å². The van der Waals surface area contributed by atoms with E-state index in [1.165, 1.54) is 66.8 Å². The Labute approximate surface area is 324 Å². The highest BCUT2D eigenvalue weighted by molar-refractivity contribution is 5.94. The molecule has 6 aromatic rings. The van der Waals surface area contributed by atoms with Gasteiger partial charge in [0, 0.05) is 22.3 Å². The van der Waals surface area contributed by atoms with Crippen molar-refractivity contribution in [2.24, 2.45) is 10.3 Å². The van der Waals surface area contributed by atoms with Crippen LogP contribution >= 0.6 is 0 Å². The number of hydrogen-bond donors (Lipinski definition) is 1. The first kappa shape index (κ1) is 38.4. The molecule has 0 aliphatic carbocycles. The van der Waals surface area contributed by atoms with Crippen LogP contribution in [-0.2, 0) is 0 Å². The highest BCUT2D eigenvalue weighted by Gasteiger charge is 2.23. The lowest BCUT2D eigenvalue weighted by atomic mass is 9.80. The second kappa shape index (κ2) is 16.0. The molecule has 3 heteroatoms. The van der Waals surface area contributed by atoms with E-state index >= 15 is 0 Å². The van der Waals surface area contributed by atoms with Crippen molar-refractivity contribution >= 4 is 11.4 Å². The van der Waals surface area contributed by atoms with Crippen molar-refractivity contribution in [2.45, 2.75) is 101 Å². The molecule has 0 atom stereocenters. The van der Waals surface area contributed by atoms with Crippen LogP contribution in [0, 0.1) is 41.5 Å². The van der Waals surface area contributed by atoms with Crippen LogP contribution in [-0.4, -0.2) is 0 Å². The molecule has 3 nitrogen and oxygen atoms in total. The topological polar surface area (TPSA) is 36.8 Å². The molecule has 0 spiro atoms. The summed E-state index contributed by atoms with van der Waals surface area (Å²) < 4.78 is 0. The number of aryl methyl sites for hydroxylation is 6. The van der Waals surface area contributed by atoms with Gasteiger partial charge < -0.3 is 0 Å². The molecular formula is C51H57N3. The number of anilines is 1. The molecule has 0 saturated carbocycles. The monoisotopic (exact) mass is 711 g/mol. The molecule has 6 rings (SSSR count). The Hall–Kier alpha value is -5.28. The highest BCUT2D eigenvalue weighted by atomic mass is 15.4. The summed E-state index contributed by atoms with van der Waals surface area (Å²) in [6.07, 6.45) is 0. The van der Waals surface area contributed by atoms with Gasteiger partial charge in [-0.15, -0.1) is 5.11 Å². The highest BCUT2D eigenvalue weighted by Crippen LogP contribution is 2.47. The molecule has 6 aromatic carbocycles. The summed E-state index contributed by atoms with van der Waals surface area (Å²) in [5, 5.41) is 10.2. The zero-order valence-electron chi connectivity index (χ0n) is 34.4. The van der Waals surface area contributed by atoms with Crippen LogP contribution in [0.15, 0.2) is 113 Å². The molecular weight excluding hydrogens is 655 g/mol. The van der Waals surface area contributed by atoms with Crippen LogP contribution in [0.1, 0.15) is 109 Å². The van der Waals surface area contributed by atoms with Gasteiger partial charge in [-0.1, -0.05) is 161 Å². The maximum Gasteiger partial charge on any atom is 0.103 e. The molecule has 1 N–H and O–H groups in total. The molecule has 0 amide bonds. The smallest absolute Gasteiger partial charge is 0.103 e. The lowest BCUT2D eigenvalue weighted by Gasteiger charge is -2.25. The first-order valence-electron chi connectivity index (χ1n) is 19.6. The average molecular weight is 712 g/mol. The van der Waals surface area contributed by atoms with Crippen molar-refractivity contribution in [1.29, 1.82) is 0 Å². The predicted molar refractivity (Wildman–Crippen MR) is 233 cm³/mol. The fourth-order valence-corrected chi connectivity index (χ4v) is 8.40. The second-order valence-electron chi connectivity index (χ2n) is 16.2. The Bertz CT molecular complexity index is 2190. The Kier molecular flexibility index (Phi) is 11.4. The normalized spacial score (nSPS) is 11.8. The van der Waals surface area contributed by atoms with Crippen molar-refractivity contribution < 1.29 is 0 Å². The lowest BCUT2D eigenvalue weighted by Crippen LogP contribution is -2.05. The van der Waals surface area contributed by atoms with Crippen LogP contribution < -0.4 is 5.43 Å². The molecule has 0 bridgehead atoms. The van der Waals surface area contributed by atoms with Gasteiger partial charge in [0.1, 0.15) is 5.69 Å². The third-order valence-electron chi connectivity index (χ3n) is 10.8. The SMILES string of the molecule is Cc1cc(C)c(-c2cccc(-c3c(C)cc(C)cc3C)c2N=NNc2c(-c3ccccc3)cccc2-c2c(C(C)C)cc(C(C)C)cc2C(C)C)c(C)c1. The molecule has 0 aromatic heterocycles. The fourth-order valence-electron chi connectivity index (χ4n) is 8.40. The average Bonchev–Trinajstić information content (AvgIpc) is 3.11. The molecule has 0 fully saturated rings. The predicted octanol–water partition coefficient (Wildman–Crippen LogP) is 15.7. The van der Waals surface area contributed by atoms with Crippen molar-refractivity contribution in [3.05, 3.63) is 153 Å². The number of benzene rings is 6. The molecule has 276 valence electrons. The molecule has 0 unspecified atom stereocenters. The zero-order valence-corrected chi connectivity index (χ0v) is 34.4. The minimum atomic E-state index is 0.336. The van der Waals surface area contributed by atoms with Gasteiger partial charge in [-0.2, -0.15) is 0 Å². The van der Waals surface area contributed by atoms with Crippen LogP contribution in [0.3, 0.4) is 0 Å². The summed E-state index contributed by atoms with van der Waals surface area (Å²) in [4.78, 5) is 0. The molecule has 0 heterocycles. The largest absolute Gasteiger partial charge is 0.259 e. The maximum absolute atomic E-state index is 5.20. The van der Waals surface area contributed by atoms with Crippen LogP contribution in [0.5, 0.6) is 0 Å². The lowest BCUT2D eigenvalue weighted by molar-refractivity contribution is 0.807. The zero-order chi connectivity index (χ0) is 38.8. The van der Waals surface area contributed by atoms with Crippen molar-refractivity contribution in [2.75, 3.05) is 5.43 Å². The minimum Gasteiger partial charge on any atom is -0.259 e. The van der Waals surface area contributed by atoms with Gasteiger partial charge in [-0.25, -0.2) is 0 Å². The minimum absolute atomic E-state index is 0.336. The second-order valence-corrected chi connectivity index (χ2v) is 16.2. The van der Waals surface area contributed by atoms with Crippen LogP contribution in [0.2, 0.25) is 0 Å². The van der Waals surface area contributed by atoms with Gasteiger partial charge in [0.15, 0.2) is 0 Å². The molecule has 0 aliphatic heterocycles. The van der Waals surface area contributed by atoms with E-state index < -0.39 is 0 Å². The van der Waals surface area contributed by atoms with Gasteiger partial charge in [0.05, 0.1) is 5.69 Å². The Morgan fingerprint density at radius 3 is 1.33 bits per heavy atom. The summed E-state index contributed by atoms with van der Waals surface area (Å²) in [7, 11) is 0. The van der Waals surface area contributed by atoms with Gasteiger partial charge in [0.25, 0.3) is 0 Å². The van der Waals surface area contributed by atoms with Crippen LogP contribution in [0.25, 0.3) is 44.5 Å². The van der Waals surface area contributed by atoms with Gasteiger partial charge in [-0.05, 0) is 120 Å². The summed E-state index contributed by atoms with van der Waals surface area (Å²) >= 11 is 0. The Balaban J connectivity index is 1.62. The maximum atomic E-state index is 5.20. The fraction of sp³-hybridized carbons (Fsp3) is 0.294. The van der Waals surface area contributed by atoms with Crippen molar-refractivity contribution in [3.8, 4) is 44.5 Å². The third-order valence-corrected chi connectivity index (χ3v) is 10.8. The van der Waals surface area contributed by atoms with Crippen molar-refractivity contribution in [1.82, 2.24) is 0 Å². The Morgan fingerprint density at radius 2 is 0.889 bits per heavy atom. The van der Waals surface area contributed by atoms with E-state index in [4.69, 9.17) is 10.3 Å². The molecule has 54 heavy (non-hydrogen) atoms. The summed E-state index contributed by atoms with van der Waals surface area (Å²) in [5.74, 6) is 1.11.